The maximum atomic E-state index is 13.1. The first-order valence-electron chi connectivity index (χ1n) is 10.4. The Balaban J connectivity index is 1.62. The van der Waals surface area contributed by atoms with Crippen molar-refractivity contribution in [2.75, 3.05) is 44.3 Å². The Morgan fingerprint density at radius 3 is 2.21 bits per heavy atom. The molecule has 10 heteroatoms. The van der Waals surface area contributed by atoms with E-state index in [4.69, 9.17) is 4.74 Å². The molecule has 0 aliphatic carbocycles. The lowest BCUT2D eigenvalue weighted by molar-refractivity contribution is -0.169. The number of nitrogens with zero attached hydrogens (tertiary/aromatic N) is 2. The summed E-state index contributed by atoms with van der Waals surface area (Å²) < 4.78 is 42.1. The van der Waals surface area contributed by atoms with Crippen LogP contribution >= 0.6 is 0 Å². The largest absolute Gasteiger partial charge is 0.451 e. The number of hydrogen-bond donors (Lipinski definition) is 1. The smallest absolute Gasteiger partial charge is 0.378 e. The zero-order valence-corrected chi connectivity index (χ0v) is 17.8. The van der Waals surface area contributed by atoms with Crippen LogP contribution in [0.4, 0.5) is 23.7 Å². The van der Waals surface area contributed by atoms with Gasteiger partial charge in [0.1, 0.15) is 0 Å². The number of rotatable bonds is 7. The van der Waals surface area contributed by atoms with E-state index in [-0.39, 0.29) is 11.6 Å². The number of morpholine rings is 1. The van der Waals surface area contributed by atoms with Crippen LogP contribution in [0.1, 0.15) is 15.9 Å². The maximum Gasteiger partial charge on any atom is 0.451 e. The fraction of sp³-hybridized carbons (Fsp3) is 0.348. The van der Waals surface area contributed by atoms with Crippen molar-refractivity contribution >= 4 is 23.4 Å². The number of hydrogen-bond acceptors (Lipinski definition) is 4. The van der Waals surface area contributed by atoms with Crippen molar-refractivity contribution in [2.45, 2.75) is 12.6 Å². The summed E-state index contributed by atoms with van der Waals surface area (Å²) in [7, 11) is 0. The van der Waals surface area contributed by atoms with Crippen molar-refractivity contribution in [3.05, 3.63) is 65.7 Å². The van der Waals surface area contributed by atoms with Crippen LogP contribution in [-0.4, -0.2) is 68.2 Å². The summed E-state index contributed by atoms with van der Waals surface area (Å²) in [6.07, 6.45) is -4.49. The minimum atomic E-state index is -4.99. The van der Waals surface area contributed by atoms with Crippen LogP contribution in [0.3, 0.4) is 0 Å². The number of halogens is 3. The van der Waals surface area contributed by atoms with Crippen molar-refractivity contribution in [1.82, 2.24) is 10.2 Å². The molecule has 0 spiro atoms. The van der Waals surface area contributed by atoms with E-state index in [0.717, 1.165) is 11.3 Å². The molecular formula is C23H24F3N3O4. The topological polar surface area (TPSA) is 79.0 Å². The Morgan fingerprint density at radius 2 is 1.61 bits per heavy atom. The molecule has 0 bridgehead atoms. The third-order valence-corrected chi connectivity index (χ3v) is 5.15. The van der Waals surface area contributed by atoms with Gasteiger partial charge in [0.15, 0.2) is 0 Å². The molecule has 1 fully saturated rings. The number of carbonyl (C=O) groups excluding carboxylic acids is 3. The molecule has 2 aromatic rings. The van der Waals surface area contributed by atoms with Gasteiger partial charge in [-0.3, -0.25) is 14.5 Å². The molecule has 1 aliphatic heterocycles. The summed E-state index contributed by atoms with van der Waals surface area (Å²) in [6, 6.07) is 15.5. The molecule has 1 N–H and O–H groups in total. The van der Waals surface area contributed by atoms with Gasteiger partial charge in [0, 0.05) is 30.9 Å². The number of benzene rings is 2. The van der Waals surface area contributed by atoms with Gasteiger partial charge >= 0.3 is 12.2 Å². The highest BCUT2D eigenvalue weighted by Gasteiger charge is 2.38. The summed E-state index contributed by atoms with van der Waals surface area (Å²) in [5, 5.41) is 1.97. The molecule has 7 nitrogen and oxygen atoms in total. The number of ether oxygens (including phenoxy) is 1. The first-order chi connectivity index (χ1) is 15.8. The van der Waals surface area contributed by atoms with E-state index in [1.807, 2.05) is 35.6 Å². The molecular weight excluding hydrogens is 439 g/mol. The van der Waals surface area contributed by atoms with Crippen LogP contribution in [0.2, 0.25) is 0 Å². The van der Waals surface area contributed by atoms with Crippen LogP contribution in [-0.2, 0) is 16.0 Å². The Kier molecular flexibility index (Phi) is 8.05. The van der Waals surface area contributed by atoms with E-state index >= 15 is 0 Å². The van der Waals surface area contributed by atoms with E-state index in [2.05, 4.69) is 0 Å². The minimum absolute atomic E-state index is 0.116. The number of Topliss-reactive ketones (excluding diaryl/α,β-unsaturated/α-hetero) is 1. The van der Waals surface area contributed by atoms with Gasteiger partial charge in [0.2, 0.25) is 0 Å². The number of alkyl halides is 3. The van der Waals surface area contributed by atoms with Crippen molar-refractivity contribution in [2.24, 2.45) is 0 Å². The zero-order chi connectivity index (χ0) is 23.8. The minimum Gasteiger partial charge on any atom is -0.378 e. The Morgan fingerprint density at radius 1 is 0.970 bits per heavy atom. The number of ketones is 1. The van der Waals surface area contributed by atoms with Crippen molar-refractivity contribution in [3.63, 3.8) is 0 Å². The maximum absolute atomic E-state index is 13.1. The number of anilines is 1. The van der Waals surface area contributed by atoms with E-state index in [0.29, 0.717) is 39.3 Å². The predicted molar refractivity (Wildman–Crippen MR) is 115 cm³/mol. The van der Waals surface area contributed by atoms with Gasteiger partial charge in [0.25, 0.3) is 11.7 Å². The molecule has 1 saturated heterocycles. The van der Waals surface area contributed by atoms with Gasteiger partial charge in [-0.15, -0.1) is 0 Å². The number of nitrogens with one attached hydrogen (secondary N) is 1. The van der Waals surface area contributed by atoms with Crippen LogP contribution in [0, 0.1) is 0 Å². The summed E-state index contributed by atoms with van der Waals surface area (Å²) in [5.41, 5.74) is 1.74. The number of amides is 3. The number of urea groups is 1. The van der Waals surface area contributed by atoms with Crippen molar-refractivity contribution < 1.29 is 32.3 Å². The molecule has 3 amide bonds. The summed E-state index contributed by atoms with van der Waals surface area (Å²) >= 11 is 0. The quantitative estimate of drug-likeness (QED) is 0.685. The van der Waals surface area contributed by atoms with E-state index in [1.54, 1.807) is 21.9 Å². The normalized spacial score (nSPS) is 14.0. The standard InChI is InChI=1S/C23H24F3N3O4/c24-23(25,26)20(30)16-27-21(31)18-8-6-17(7-9-18)10-11-29(19-4-2-1-3-5-19)22(32)28-12-14-33-15-13-28/h1-9H,10-16H2,(H,27,31). The van der Waals surface area contributed by atoms with Gasteiger partial charge in [-0.2, -0.15) is 13.2 Å². The first-order valence-corrected chi connectivity index (χ1v) is 10.4. The van der Waals surface area contributed by atoms with Gasteiger partial charge in [-0.25, -0.2) is 4.79 Å². The van der Waals surface area contributed by atoms with E-state index in [1.165, 1.54) is 12.1 Å². The van der Waals surface area contributed by atoms with Crippen LogP contribution in [0.5, 0.6) is 0 Å². The zero-order valence-electron chi connectivity index (χ0n) is 17.8. The Bertz CT molecular complexity index is 959. The second kappa shape index (κ2) is 11.0. The molecule has 176 valence electrons. The lowest BCUT2D eigenvalue weighted by atomic mass is 10.1. The van der Waals surface area contributed by atoms with Gasteiger partial charge in [-0.05, 0) is 36.2 Å². The second-order valence-electron chi connectivity index (χ2n) is 7.42. The SMILES string of the molecule is O=C(NCC(=O)C(F)(F)F)c1ccc(CCN(C(=O)N2CCOCC2)c2ccccc2)cc1. The molecule has 0 aromatic heterocycles. The Hall–Kier alpha value is -3.40. The predicted octanol–water partition coefficient (Wildman–Crippen LogP) is 3.05. The van der Waals surface area contributed by atoms with Crippen LogP contribution in [0.25, 0.3) is 0 Å². The molecule has 0 atom stereocenters. The van der Waals surface area contributed by atoms with E-state index in [9.17, 15) is 27.6 Å². The number of carbonyl (C=O) groups is 3. The van der Waals surface area contributed by atoms with Crippen LogP contribution < -0.4 is 10.2 Å². The summed E-state index contributed by atoms with van der Waals surface area (Å²) in [5.74, 6) is -2.79. The van der Waals surface area contributed by atoms with Crippen LogP contribution in [0.15, 0.2) is 54.6 Å². The van der Waals surface area contributed by atoms with E-state index < -0.39 is 24.4 Å². The lowest BCUT2D eigenvalue weighted by Gasteiger charge is -2.33. The molecule has 0 unspecified atom stereocenters. The van der Waals surface area contributed by atoms with Crippen molar-refractivity contribution in [3.8, 4) is 0 Å². The van der Waals surface area contributed by atoms with Gasteiger partial charge in [-0.1, -0.05) is 30.3 Å². The highest BCUT2D eigenvalue weighted by molar-refractivity contribution is 5.97. The molecule has 33 heavy (non-hydrogen) atoms. The third-order valence-electron chi connectivity index (χ3n) is 5.15. The molecule has 2 aromatic carbocycles. The highest BCUT2D eigenvalue weighted by Crippen LogP contribution is 2.18. The molecule has 0 radical (unpaired) electrons. The molecule has 3 rings (SSSR count). The Labute approximate surface area is 189 Å². The fourth-order valence-corrected chi connectivity index (χ4v) is 3.30. The average molecular weight is 463 g/mol. The lowest BCUT2D eigenvalue weighted by Crippen LogP contribution is -2.49. The molecule has 1 heterocycles. The van der Waals surface area contributed by atoms with Crippen molar-refractivity contribution in [1.29, 1.82) is 0 Å². The third kappa shape index (κ3) is 6.79. The molecule has 1 aliphatic rings. The number of para-hydroxylation sites is 1. The fourth-order valence-electron chi connectivity index (χ4n) is 3.30. The summed E-state index contributed by atoms with van der Waals surface area (Å²) in [6.45, 7) is 1.30. The first kappa shape index (κ1) is 24.2. The molecule has 0 saturated carbocycles. The average Bonchev–Trinajstić information content (AvgIpc) is 2.83. The monoisotopic (exact) mass is 463 g/mol. The van der Waals surface area contributed by atoms with Gasteiger partial charge in [0.05, 0.1) is 19.8 Å². The second-order valence-corrected chi connectivity index (χ2v) is 7.42. The summed E-state index contributed by atoms with van der Waals surface area (Å²) in [4.78, 5) is 39.4. The highest BCUT2D eigenvalue weighted by atomic mass is 19.4. The van der Waals surface area contributed by atoms with Gasteiger partial charge < -0.3 is 15.0 Å².